The number of nitrogens with zero attached hydrogens (tertiary/aromatic N) is 3. The molecule has 3 aromatic rings. The number of anilines is 2. The fraction of sp³-hybridized carbons (Fsp3) is 0.296. The maximum Gasteiger partial charge on any atom is 0.0631 e. The first kappa shape index (κ1) is 20.2. The minimum Gasteiger partial charge on any atom is -0.372 e. The Morgan fingerprint density at radius 1 is 0.833 bits per heavy atom. The van der Waals surface area contributed by atoms with E-state index in [1.807, 2.05) is 6.21 Å². The highest BCUT2D eigenvalue weighted by Crippen LogP contribution is 2.23. The SMILES string of the molecule is CCN(Cc1ccccc1)c1ccc(C=Nc2ccc(N3CCCCC3)cc2)cc1. The lowest BCUT2D eigenvalue weighted by Gasteiger charge is -2.28. The van der Waals surface area contributed by atoms with Crippen molar-refractivity contribution in [2.75, 3.05) is 29.4 Å². The van der Waals surface area contributed by atoms with E-state index in [1.165, 1.54) is 49.3 Å². The molecule has 3 aromatic carbocycles. The molecule has 0 N–H and O–H groups in total. The van der Waals surface area contributed by atoms with Crippen molar-refractivity contribution in [3.8, 4) is 0 Å². The predicted molar refractivity (Wildman–Crippen MR) is 129 cm³/mol. The van der Waals surface area contributed by atoms with Gasteiger partial charge in [0.2, 0.25) is 0 Å². The Hall–Kier alpha value is -3.07. The third-order valence-electron chi connectivity index (χ3n) is 5.79. The molecule has 0 radical (unpaired) electrons. The number of hydrogen-bond donors (Lipinski definition) is 0. The van der Waals surface area contributed by atoms with Crippen LogP contribution in [0, 0.1) is 0 Å². The van der Waals surface area contributed by atoms with Crippen molar-refractivity contribution in [1.29, 1.82) is 0 Å². The molecule has 1 fully saturated rings. The average molecular weight is 398 g/mol. The lowest BCUT2D eigenvalue weighted by Crippen LogP contribution is -2.29. The van der Waals surface area contributed by atoms with Crippen LogP contribution >= 0.6 is 0 Å². The first-order valence-electron chi connectivity index (χ1n) is 11.1. The zero-order valence-corrected chi connectivity index (χ0v) is 17.9. The van der Waals surface area contributed by atoms with Crippen LogP contribution in [-0.2, 0) is 6.54 Å². The molecule has 1 aliphatic rings. The van der Waals surface area contributed by atoms with Gasteiger partial charge < -0.3 is 9.80 Å². The molecule has 3 nitrogen and oxygen atoms in total. The summed E-state index contributed by atoms with van der Waals surface area (Å²) in [4.78, 5) is 9.53. The summed E-state index contributed by atoms with van der Waals surface area (Å²) in [5, 5.41) is 0. The van der Waals surface area contributed by atoms with Crippen molar-refractivity contribution in [2.24, 2.45) is 4.99 Å². The van der Waals surface area contributed by atoms with Crippen molar-refractivity contribution < 1.29 is 0 Å². The van der Waals surface area contributed by atoms with Gasteiger partial charge in [-0.1, -0.05) is 42.5 Å². The minimum atomic E-state index is 0.925. The zero-order chi connectivity index (χ0) is 20.6. The van der Waals surface area contributed by atoms with E-state index in [-0.39, 0.29) is 0 Å². The van der Waals surface area contributed by atoms with Gasteiger partial charge >= 0.3 is 0 Å². The van der Waals surface area contributed by atoms with Gasteiger partial charge in [0.05, 0.1) is 5.69 Å². The third-order valence-corrected chi connectivity index (χ3v) is 5.79. The van der Waals surface area contributed by atoms with Gasteiger partial charge in [0.15, 0.2) is 0 Å². The highest BCUT2D eigenvalue weighted by Gasteiger charge is 2.10. The van der Waals surface area contributed by atoms with Crippen LogP contribution in [0.1, 0.15) is 37.3 Å². The molecule has 30 heavy (non-hydrogen) atoms. The lowest BCUT2D eigenvalue weighted by molar-refractivity contribution is 0.578. The van der Waals surface area contributed by atoms with Gasteiger partial charge in [-0.2, -0.15) is 0 Å². The molecule has 1 saturated heterocycles. The van der Waals surface area contributed by atoms with E-state index in [0.717, 1.165) is 24.3 Å². The lowest BCUT2D eigenvalue weighted by atomic mass is 10.1. The molecule has 0 amide bonds. The maximum absolute atomic E-state index is 4.67. The first-order valence-corrected chi connectivity index (χ1v) is 11.1. The normalized spacial score (nSPS) is 14.2. The van der Waals surface area contributed by atoms with Gasteiger partial charge in [-0.15, -0.1) is 0 Å². The second-order valence-electron chi connectivity index (χ2n) is 7.91. The van der Waals surface area contributed by atoms with Crippen LogP contribution in [0.15, 0.2) is 83.9 Å². The van der Waals surface area contributed by atoms with Gasteiger partial charge in [0.1, 0.15) is 0 Å². The van der Waals surface area contributed by atoms with Crippen LogP contribution in [0.5, 0.6) is 0 Å². The summed E-state index contributed by atoms with van der Waals surface area (Å²) in [5.41, 5.74) is 6.01. The quantitative estimate of drug-likeness (QED) is 0.426. The predicted octanol–water partition coefficient (Wildman–Crippen LogP) is 6.45. The summed E-state index contributed by atoms with van der Waals surface area (Å²) in [6.07, 6.45) is 5.92. The second-order valence-corrected chi connectivity index (χ2v) is 7.91. The van der Waals surface area contributed by atoms with Gasteiger partial charge in [0, 0.05) is 43.8 Å². The van der Waals surface area contributed by atoms with Crippen LogP contribution in [0.25, 0.3) is 0 Å². The molecular formula is C27H31N3. The smallest absolute Gasteiger partial charge is 0.0631 e. The Bertz CT molecular complexity index is 924. The number of aliphatic imine (C=N–C) groups is 1. The van der Waals surface area contributed by atoms with Crippen LogP contribution in [0.2, 0.25) is 0 Å². The van der Waals surface area contributed by atoms with E-state index in [4.69, 9.17) is 0 Å². The molecule has 1 aliphatic heterocycles. The zero-order valence-electron chi connectivity index (χ0n) is 17.9. The molecule has 0 spiro atoms. The Morgan fingerprint density at radius 2 is 1.53 bits per heavy atom. The van der Waals surface area contributed by atoms with E-state index in [2.05, 4.69) is 101 Å². The maximum atomic E-state index is 4.67. The molecule has 0 aromatic heterocycles. The Kier molecular flexibility index (Phi) is 6.81. The molecular weight excluding hydrogens is 366 g/mol. The van der Waals surface area contributed by atoms with Crippen molar-refractivity contribution in [1.82, 2.24) is 0 Å². The van der Waals surface area contributed by atoms with Crippen molar-refractivity contribution in [3.63, 3.8) is 0 Å². The number of rotatable bonds is 7. The van der Waals surface area contributed by atoms with E-state index in [1.54, 1.807) is 0 Å². The van der Waals surface area contributed by atoms with Crippen molar-refractivity contribution >= 4 is 23.3 Å². The monoisotopic (exact) mass is 397 g/mol. The molecule has 0 bridgehead atoms. The Morgan fingerprint density at radius 3 is 2.20 bits per heavy atom. The molecule has 0 unspecified atom stereocenters. The Balaban J connectivity index is 1.38. The van der Waals surface area contributed by atoms with Crippen LogP contribution in [0.4, 0.5) is 17.1 Å². The van der Waals surface area contributed by atoms with Crippen molar-refractivity contribution in [3.05, 3.63) is 90.0 Å². The third kappa shape index (κ3) is 5.29. The van der Waals surface area contributed by atoms with Gasteiger partial charge in [-0.05, 0) is 73.7 Å². The fourth-order valence-electron chi connectivity index (χ4n) is 4.01. The van der Waals surface area contributed by atoms with E-state index in [0.29, 0.717) is 0 Å². The highest BCUT2D eigenvalue weighted by atomic mass is 15.1. The van der Waals surface area contributed by atoms with Crippen molar-refractivity contribution in [2.45, 2.75) is 32.7 Å². The van der Waals surface area contributed by atoms with E-state index < -0.39 is 0 Å². The van der Waals surface area contributed by atoms with E-state index >= 15 is 0 Å². The first-order chi connectivity index (χ1) is 14.8. The molecule has 1 heterocycles. The second kappa shape index (κ2) is 10.1. The molecule has 0 atom stereocenters. The number of hydrogen-bond acceptors (Lipinski definition) is 3. The van der Waals surface area contributed by atoms with E-state index in [9.17, 15) is 0 Å². The Labute approximate surface area is 180 Å². The fourth-order valence-corrected chi connectivity index (χ4v) is 4.01. The highest BCUT2D eigenvalue weighted by molar-refractivity contribution is 5.82. The van der Waals surface area contributed by atoms with Crippen LogP contribution < -0.4 is 9.80 Å². The standard InChI is InChI=1S/C27H31N3/c1-2-29(22-24-9-5-3-6-10-24)26-15-11-23(12-16-26)21-28-25-13-17-27(18-14-25)30-19-7-4-8-20-30/h3,5-6,9-18,21H,2,4,7-8,19-20,22H2,1H3. The summed E-state index contributed by atoms with van der Waals surface area (Å²) < 4.78 is 0. The molecule has 3 heteroatoms. The number of piperidine rings is 1. The summed E-state index contributed by atoms with van der Waals surface area (Å²) in [6.45, 7) is 6.45. The summed E-state index contributed by atoms with van der Waals surface area (Å²) >= 11 is 0. The minimum absolute atomic E-state index is 0.925. The summed E-state index contributed by atoms with van der Waals surface area (Å²) in [6, 6.07) is 27.9. The van der Waals surface area contributed by atoms with Crippen LogP contribution in [0.3, 0.4) is 0 Å². The molecule has 0 saturated carbocycles. The van der Waals surface area contributed by atoms with Crippen LogP contribution in [-0.4, -0.2) is 25.8 Å². The largest absolute Gasteiger partial charge is 0.372 e. The molecule has 4 rings (SSSR count). The van der Waals surface area contributed by atoms with Gasteiger partial charge in [0.25, 0.3) is 0 Å². The van der Waals surface area contributed by atoms with Gasteiger partial charge in [-0.25, -0.2) is 0 Å². The summed E-state index contributed by atoms with van der Waals surface area (Å²) in [7, 11) is 0. The topological polar surface area (TPSA) is 18.8 Å². The van der Waals surface area contributed by atoms with Gasteiger partial charge in [-0.3, -0.25) is 4.99 Å². The summed E-state index contributed by atoms with van der Waals surface area (Å²) in [5.74, 6) is 0. The molecule has 154 valence electrons. The number of benzene rings is 3. The molecule has 0 aliphatic carbocycles. The average Bonchev–Trinajstić information content (AvgIpc) is 2.83.